The van der Waals surface area contributed by atoms with Crippen LogP contribution >= 0.6 is 0 Å². The highest BCUT2D eigenvalue weighted by molar-refractivity contribution is 5.94. The third-order valence-corrected chi connectivity index (χ3v) is 2.95. The first kappa shape index (κ1) is 15.1. The molecule has 0 radical (unpaired) electrons. The number of hydrogen-bond donors (Lipinski definition) is 2. The lowest BCUT2D eigenvalue weighted by molar-refractivity contribution is -0.117. The van der Waals surface area contributed by atoms with E-state index in [1.807, 2.05) is 6.07 Å². The van der Waals surface area contributed by atoms with Gasteiger partial charge in [0, 0.05) is 26.1 Å². The van der Waals surface area contributed by atoms with Crippen LogP contribution in [0.1, 0.15) is 12.8 Å². The minimum Gasteiger partial charge on any atom is -0.385 e. The van der Waals surface area contributed by atoms with Gasteiger partial charge >= 0.3 is 0 Å². The fourth-order valence-corrected chi connectivity index (χ4v) is 1.81. The Morgan fingerprint density at radius 3 is 3.00 bits per heavy atom. The summed E-state index contributed by atoms with van der Waals surface area (Å²) in [7, 11) is 1.62. The van der Waals surface area contributed by atoms with Gasteiger partial charge in [-0.1, -0.05) is 0 Å². The van der Waals surface area contributed by atoms with E-state index in [4.69, 9.17) is 10.5 Å². The molecule has 1 unspecified atom stereocenters. The highest BCUT2D eigenvalue weighted by Gasteiger charge is 2.13. The number of hydrogen-bond acceptors (Lipinski definition) is 5. The number of amides is 1. The van der Waals surface area contributed by atoms with E-state index >= 15 is 0 Å². The van der Waals surface area contributed by atoms with Gasteiger partial charge in [0.2, 0.25) is 5.91 Å². The average molecular weight is 289 g/mol. The van der Waals surface area contributed by atoms with Crippen molar-refractivity contribution in [2.75, 3.05) is 19.0 Å². The van der Waals surface area contributed by atoms with Crippen LogP contribution in [0.4, 0.5) is 5.69 Å². The number of nitrogens with one attached hydrogen (secondary N) is 1. The van der Waals surface area contributed by atoms with Crippen molar-refractivity contribution in [3.05, 3.63) is 36.8 Å². The monoisotopic (exact) mass is 289 g/mol. The zero-order valence-electron chi connectivity index (χ0n) is 11.9. The molecular weight excluding hydrogens is 270 g/mol. The Bertz CT molecular complexity index is 553. The topological polar surface area (TPSA) is 95.1 Å². The Hall–Kier alpha value is -2.25. The summed E-state index contributed by atoms with van der Waals surface area (Å²) in [6.07, 6.45) is 6.39. The highest BCUT2D eigenvalue weighted by atomic mass is 16.5. The minimum absolute atomic E-state index is 0.222. The molecule has 0 fully saturated rings. The maximum Gasteiger partial charge on any atom is 0.241 e. The largest absolute Gasteiger partial charge is 0.385 e. The number of carbonyl (C=O) groups is 1. The number of rotatable bonds is 7. The Morgan fingerprint density at radius 2 is 2.38 bits per heavy atom. The summed E-state index contributed by atoms with van der Waals surface area (Å²) in [4.78, 5) is 16.1. The number of nitrogens with zero attached hydrogens (tertiary/aromatic N) is 3. The van der Waals surface area contributed by atoms with E-state index in [2.05, 4.69) is 15.4 Å². The van der Waals surface area contributed by atoms with Crippen LogP contribution in [-0.4, -0.2) is 40.4 Å². The first-order chi connectivity index (χ1) is 10.2. The van der Waals surface area contributed by atoms with Crippen LogP contribution in [0.2, 0.25) is 0 Å². The Morgan fingerprint density at radius 1 is 1.52 bits per heavy atom. The maximum absolute atomic E-state index is 11.9. The third-order valence-electron chi connectivity index (χ3n) is 2.95. The van der Waals surface area contributed by atoms with E-state index in [9.17, 15) is 4.79 Å². The molecule has 1 amide bonds. The molecule has 1 atom stereocenters. The molecule has 0 aromatic carbocycles. The number of pyridine rings is 1. The normalized spacial score (nSPS) is 12.1. The van der Waals surface area contributed by atoms with Crippen LogP contribution in [0.15, 0.2) is 36.8 Å². The van der Waals surface area contributed by atoms with Gasteiger partial charge in [0.25, 0.3) is 0 Å². The van der Waals surface area contributed by atoms with E-state index in [0.717, 1.165) is 6.42 Å². The number of aromatic nitrogens is 3. The summed E-state index contributed by atoms with van der Waals surface area (Å²) in [5.41, 5.74) is 6.42. The second-order valence-electron chi connectivity index (χ2n) is 4.59. The smallest absolute Gasteiger partial charge is 0.241 e. The van der Waals surface area contributed by atoms with E-state index in [0.29, 0.717) is 24.5 Å². The first-order valence-corrected chi connectivity index (χ1v) is 6.72. The molecule has 2 heterocycles. The molecule has 2 aromatic rings. The second kappa shape index (κ2) is 7.51. The average Bonchev–Trinajstić information content (AvgIpc) is 3.02. The molecule has 7 nitrogen and oxygen atoms in total. The lowest BCUT2D eigenvalue weighted by atomic mass is 10.1. The van der Waals surface area contributed by atoms with E-state index in [1.165, 1.54) is 0 Å². The van der Waals surface area contributed by atoms with Crippen LogP contribution in [0.3, 0.4) is 0 Å². The molecule has 0 bridgehead atoms. The van der Waals surface area contributed by atoms with Crippen molar-refractivity contribution in [1.82, 2.24) is 14.8 Å². The summed E-state index contributed by atoms with van der Waals surface area (Å²) >= 11 is 0. The molecule has 0 aliphatic heterocycles. The molecule has 3 N–H and O–H groups in total. The van der Waals surface area contributed by atoms with Gasteiger partial charge in [0.05, 0.1) is 17.9 Å². The summed E-state index contributed by atoms with van der Waals surface area (Å²) in [6.45, 7) is 0.598. The predicted octanol–water partition coefficient (Wildman–Crippen LogP) is 0.960. The number of methoxy groups -OCH3 is 1. The lowest BCUT2D eigenvalue weighted by Gasteiger charge is -2.12. The van der Waals surface area contributed by atoms with Gasteiger partial charge in [0.1, 0.15) is 0 Å². The van der Waals surface area contributed by atoms with Gasteiger partial charge in [-0.15, -0.1) is 0 Å². The Kier molecular flexibility index (Phi) is 5.42. The SMILES string of the molecule is COCCCC(N)C(=O)Nc1ccc(-n2cccn2)nc1. The van der Waals surface area contributed by atoms with Crippen molar-refractivity contribution in [2.45, 2.75) is 18.9 Å². The number of carbonyl (C=O) groups excluding carboxylic acids is 1. The molecule has 2 aromatic heterocycles. The molecule has 0 spiro atoms. The van der Waals surface area contributed by atoms with E-state index in [-0.39, 0.29) is 5.91 Å². The van der Waals surface area contributed by atoms with Crippen molar-refractivity contribution in [3.8, 4) is 5.82 Å². The van der Waals surface area contributed by atoms with Crippen molar-refractivity contribution >= 4 is 11.6 Å². The van der Waals surface area contributed by atoms with E-state index < -0.39 is 6.04 Å². The maximum atomic E-state index is 11.9. The molecule has 0 saturated heterocycles. The van der Waals surface area contributed by atoms with Crippen molar-refractivity contribution in [2.24, 2.45) is 5.73 Å². The predicted molar refractivity (Wildman–Crippen MR) is 79.1 cm³/mol. The van der Waals surface area contributed by atoms with Crippen LogP contribution in [-0.2, 0) is 9.53 Å². The zero-order valence-corrected chi connectivity index (χ0v) is 11.9. The van der Waals surface area contributed by atoms with Gasteiger partial charge in [-0.3, -0.25) is 4.79 Å². The van der Waals surface area contributed by atoms with Crippen molar-refractivity contribution in [1.29, 1.82) is 0 Å². The second-order valence-corrected chi connectivity index (χ2v) is 4.59. The molecule has 112 valence electrons. The third kappa shape index (κ3) is 4.37. The van der Waals surface area contributed by atoms with Crippen LogP contribution in [0, 0.1) is 0 Å². The molecule has 2 rings (SSSR count). The minimum atomic E-state index is -0.550. The van der Waals surface area contributed by atoms with Crippen LogP contribution in [0.5, 0.6) is 0 Å². The Balaban J connectivity index is 1.89. The molecular formula is C14H19N5O2. The fraction of sp³-hybridized carbons (Fsp3) is 0.357. The van der Waals surface area contributed by atoms with Gasteiger partial charge in [-0.2, -0.15) is 5.10 Å². The molecule has 0 aliphatic carbocycles. The number of ether oxygens (including phenoxy) is 1. The number of anilines is 1. The summed E-state index contributed by atoms with van der Waals surface area (Å²) in [5.74, 6) is 0.460. The first-order valence-electron chi connectivity index (χ1n) is 6.72. The zero-order chi connectivity index (χ0) is 15.1. The van der Waals surface area contributed by atoms with Crippen molar-refractivity contribution < 1.29 is 9.53 Å². The lowest BCUT2D eigenvalue weighted by Crippen LogP contribution is -2.35. The Labute approximate surface area is 123 Å². The van der Waals surface area contributed by atoms with Gasteiger partial charge in [-0.05, 0) is 31.0 Å². The molecule has 7 heteroatoms. The quantitative estimate of drug-likeness (QED) is 0.740. The van der Waals surface area contributed by atoms with Gasteiger partial charge in [0.15, 0.2) is 5.82 Å². The molecule has 0 saturated carbocycles. The number of nitrogens with two attached hydrogens (primary N) is 1. The van der Waals surface area contributed by atoms with E-state index in [1.54, 1.807) is 42.5 Å². The summed E-state index contributed by atoms with van der Waals surface area (Å²) < 4.78 is 6.57. The van der Waals surface area contributed by atoms with Crippen LogP contribution < -0.4 is 11.1 Å². The summed E-state index contributed by atoms with van der Waals surface area (Å²) in [6, 6.07) is 4.81. The molecule has 21 heavy (non-hydrogen) atoms. The van der Waals surface area contributed by atoms with Gasteiger partial charge in [-0.25, -0.2) is 9.67 Å². The fourth-order valence-electron chi connectivity index (χ4n) is 1.81. The summed E-state index contributed by atoms with van der Waals surface area (Å²) in [5, 5.41) is 6.83. The van der Waals surface area contributed by atoms with Crippen molar-refractivity contribution in [3.63, 3.8) is 0 Å². The highest BCUT2D eigenvalue weighted by Crippen LogP contribution is 2.09. The standard InChI is InChI=1S/C14H19N5O2/c1-21-9-2-4-12(15)14(20)18-11-5-6-13(16-10-11)19-8-3-7-17-19/h3,5-8,10,12H,2,4,9,15H2,1H3,(H,18,20). The van der Waals surface area contributed by atoms with Gasteiger partial charge < -0.3 is 15.8 Å². The van der Waals surface area contributed by atoms with Crippen LogP contribution in [0.25, 0.3) is 5.82 Å². The molecule has 0 aliphatic rings.